The molecular formula is C18H20N4O4. The molecule has 0 N–H and O–H groups in total. The van der Waals surface area contributed by atoms with E-state index >= 15 is 0 Å². The summed E-state index contributed by atoms with van der Waals surface area (Å²) >= 11 is 0. The summed E-state index contributed by atoms with van der Waals surface area (Å²) in [6.07, 6.45) is -2.77. The Morgan fingerprint density at radius 2 is 1.73 bits per heavy atom. The summed E-state index contributed by atoms with van der Waals surface area (Å²) in [5.74, 6) is 0. The number of ether oxygens (including phenoxy) is 2. The number of hydrogen-bond acceptors (Lipinski definition) is 6. The third kappa shape index (κ3) is 2.80. The number of amides is 2. The van der Waals surface area contributed by atoms with Gasteiger partial charge in [0.05, 0.1) is 25.0 Å². The summed E-state index contributed by atoms with van der Waals surface area (Å²) in [6.45, 7) is 5.18. The molecule has 8 heteroatoms. The van der Waals surface area contributed by atoms with Crippen molar-refractivity contribution >= 4 is 17.9 Å². The Hall–Kier alpha value is -3.26. The van der Waals surface area contributed by atoms with Crippen molar-refractivity contribution in [2.24, 2.45) is 0 Å². The Balaban J connectivity index is 2.78. The number of hydrogen-bond donors (Lipinski definition) is 0. The molecule has 2 unspecified atom stereocenters. The highest BCUT2D eigenvalue weighted by Crippen LogP contribution is 2.45. The van der Waals surface area contributed by atoms with Gasteiger partial charge in [0.1, 0.15) is 6.07 Å². The zero-order valence-electron chi connectivity index (χ0n) is 14.9. The zero-order valence-corrected chi connectivity index (χ0v) is 14.9. The molecule has 0 aromatic heterocycles. The van der Waals surface area contributed by atoms with Crippen LogP contribution in [0.4, 0.5) is 15.3 Å². The number of rotatable bonds is 3. The molecule has 0 fully saturated rings. The summed E-state index contributed by atoms with van der Waals surface area (Å²) < 4.78 is 10.1. The molecule has 2 amide bonds. The molecule has 1 heterocycles. The fourth-order valence-electron chi connectivity index (χ4n) is 3.13. The number of carbonyl (C=O) groups is 2. The van der Waals surface area contributed by atoms with Gasteiger partial charge in [-0.05, 0) is 26.3 Å². The average molecular weight is 356 g/mol. The van der Waals surface area contributed by atoms with Crippen molar-refractivity contribution in [2.75, 3.05) is 18.1 Å². The predicted octanol–water partition coefficient (Wildman–Crippen LogP) is 3.10. The smallest absolute Gasteiger partial charge is 0.416 e. The first-order chi connectivity index (χ1) is 12.5. The Kier molecular flexibility index (Phi) is 5.68. The van der Waals surface area contributed by atoms with Gasteiger partial charge in [-0.3, -0.25) is 4.90 Å². The highest BCUT2D eigenvalue weighted by atomic mass is 16.6. The summed E-state index contributed by atoms with van der Waals surface area (Å²) in [5.41, 5.74) is -0.634. The maximum atomic E-state index is 12.7. The van der Waals surface area contributed by atoms with Crippen LogP contribution in [0, 0.1) is 22.7 Å². The highest BCUT2D eigenvalue weighted by molar-refractivity contribution is 5.93. The number of anilines is 1. The Morgan fingerprint density at radius 1 is 1.12 bits per heavy atom. The number of carbonyl (C=O) groups excluding carboxylic acids is 2. The van der Waals surface area contributed by atoms with Gasteiger partial charge in [-0.25, -0.2) is 14.5 Å². The normalized spacial score (nSPS) is 21.2. The number of nitrogens with zero attached hydrogens (tertiary/aromatic N) is 4. The van der Waals surface area contributed by atoms with Crippen LogP contribution in [0.15, 0.2) is 24.3 Å². The minimum absolute atomic E-state index is 0.0692. The van der Waals surface area contributed by atoms with Crippen molar-refractivity contribution in [1.29, 1.82) is 10.5 Å². The van der Waals surface area contributed by atoms with Gasteiger partial charge in [0.25, 0.3) is 0 Å². The first-order valence-corrected chi connectivity index (χ1v) is 8.34. The molecule has 136 valence electrons. The van der Waals surface area contributed by atoms with E-state index in [1.165, 1.54) is 0 Å². The van der Waals surface area contributed by atoms with Crippen LogP contribution in [-0.2, 0) is 15.0 Å². The fourth-order valence-corrected chi connectivity index (χ4v) is 3.13. The molecule has 0 saturated heterocycles. The second kappa shape index (κ2) is 7.75. The van der Waals surface area contributed by atoms with E-state index in [0.29, 0.717) is 11.3 Å². The third-order valence-electron chi connectivity index (χ3n) is 4.25. The van der Waals surface area contributed by atoms with Crippen LogP contribution in [0.25, 0.3) is 0 Å². The monoisotopic (exact) mass is 356 g/mol. The molecule has 2 atom stereocenters. The number of fused-ring (bicyclic) bond motifs is 1. The molecule has 0 bridgehead atoms. The molecule has 1 aromatic rings. The van der Waals surface area contributed by atoms with E-state index in [0.717, 1.165) is 9.80 Å². The van der Waals surface area contributed by atoms with Gasteiger partial charge in [0, 0.05) is 5.56 Å². The van der Waals surface area contributed by atoms with E-state index in [1.807, 2.05) is 6.07 Å². The van der Waals surface area contributed by atoms with Crippen LogP contribution in [-0.4, -0.2) is 36.5 Å². The molecule has 1 aromatic carbocycles. The van der Waals surface area contributed by atoms with E-state index in [2.05, 4.69) is 6.07 Å². The van der Waals surface area contributed by atoms with Gasteiger partial charge in [0.2, 0.25) is 6.17 Å². The van der Waals surface area contributed by atoms with Crippen LogP contribution in [0.3, 0.4) is 0 Å². The lowest BCUT2D eigenvalue weighted by Gasteiger charge is -2.48. The summed E-state index contributed by atoms with van der Waals surface area (Å²) in [4.78, 5) is 27.3. The molecule has 0 radical (unpaired) electrons. The van der Waals surface area contributed by atoms with Crippen molar-refractivity contribution in [2.45, 2.75) is 38.9 Å². The average Bonchev–Trinajstić information content (AvgIpc) is 2.66. The van der Waals surface area contributed by atoms with Crippen molar-refractivity contribution < 1.29 is 19.1 Å². The van der Waals surface area contributed by atoms with Gasteiger partial charge >= 0.3 is 12.2 Å². The molecule has 26 heavy (non-hydrogen) atoms. The molecule has 0 spiro atoms. The topological polar surface area (TPSA) is 107 Å². The van der Waals surface area contributed by atoms with E-state index < -0.39 is 23.9 Å². The number of para-hydroxylation sites is 1. The van der Waals surface area contributed by atoms with Crippen LogP contribution >= 0.6 is 0 Å². The number of benzene rings is 1. The highest BCUT2D eigenvalue weighted by Gasteiger charge is 2.54. The minimum Gasteiger partial charge on any atom is -0.450 e. The van der Waals surface area contributed by atoms with E-state index in [4.69, 9.17) is 9.47 Å². The van der Waals surface area contributed by atoms with Crippen molar-refractivity contribution in [3.63, 3.8) is 0 Å². The lowest BCUT2D eigenvalue weighted by atomic mass is 9.82. The van der Waals surface area contributed by atoms with Gasteiger partial charge in [0.15, 0.2) is 5.54 Å². The maximum Gasteiger partial charge on any atom is 0.416 e. The standard InChI is InChI=1S/C18H20N4O4/c1-4-18(12-20)13-9-7-8-10-14(13)21(16(23)25-5-2)15(11-19)22(18)17(24)26-6-3/h7-10,15H,4-6H2,1-3H3. The van der Waals surface area contributed by atoms with Gasteiger partial charge in [-0.1, -0.05) is 25.1 Å². The third-order valence-corrected chi connectivity index (χ3v) is 4.25. The van der Waals surface area contributed by atoms with Crippen LogP contribution in [0.1, 0.15) is 32.8 Å². The lowest BCUT2D eigenvalue weighted by Crippen LogP contribution is -2.64. The molecule has 8 nitrogen and oxygen atoms in total. The van der Waals surface area contributed by atoms with Gasteiger partial charge < -0.3 is 9.47 Å². The SMILES string of the molecule is CCOC(=O)N1c2ccccc2C(C#N)(CC)N(C(=O)OCC)C1C#N. The molecule has 1 aliphatic rings. The summed E-state index contributed by atoms with van der Waals surface area (Å²) in [5, 5.41) is 19.7. The van der Waals surface area contributed by atoms with Crippen molar-refractivity contribution in [1.82, 2.24) is 4.90 Å². The second-order valence-electron chi connectivity index (χ2n) is 5.48. The largest absolute Gasteiger partial charge is 0.450 e. The zero-order chi connectivity index (χ0) is 19.3. The minimum atomic E-state index is -1.44. The van der Waals surface area contributed by atoms with E-state index in [1.54, 1.807) is 45.0 Å². The lowest BCUT2D eigenvalue weighted by molar-refractivity contribution is 0.0485. The van der Waals surface area contributed by atoms with Crippen LogP contribution in [0.5, 0.6) is 0 Å². The quantitative estimate of drug-likeness (QED) is 0.823. The molecule has 0 aliphatic carbocycles. The molecular weight excluding hydrogens is 336 g/mol. The Morgan fingerprint density at radius 3 is 2.27 bits per heavy atom. The van der Waals surface area contributed by atoms with Gasteiger partial charge in [-0.2, -0.15) is 10.5 Å². The Bertz CT molecular complexity index is 782. The summed E-state index contributed by atoms with van der Waals surface area (Å²) in [6, 6.07) is 10.8. The molecule has 0 saturated carbocycles. The summed E-state index contributed by atoms with van der Waals surface area (Å²) in [7, 11) is 0. The number of nitriles is 2. The van der Waals surface area contributed by atoms with Gasteiger partial charge in [-0.15, -0.1) is 0 Å². The van der Waals surface area contributed by atoms with E-state index in [-0.39, 0.29) is 19.6 Å². The molecule has 2 rings (SSSR count). The van der Waals surface area contributed by atoms with Crippen LogP contribution < -0.4 is 4.90 Å². The van der Waals surface area contributed by atoms with Crippen molar-refractivity contribution in [3.05, 3.63) is 29.8 Å². The maximum absolute atomic E-state index is 12.7. The fraction of sp³-hybridized carbons (Fsp3) is 0.444. The first-order valence-electron chi connectivity index (χ1n) is 8.34. The first kappa shape index (κ1) is 19.1. The molecule has 1 aliphatic heterocycles. The second-order valence-corrected chi connectivity index (χ2v) is 5.48. The van der Waals surface area contributed by atoms with Crippen LogP contribution in [0.2, 0.25) is 0 Å². The predicted molar refractivity (Wildman–Crippen MR) is 91.8 cm³/mol. The Labute approximate surface area is 152 Å². The van der Waals surface area contributed by atoms with Crippen molar-refractivity contribution in [3.8, 4) is 12.1 Å². The van der Waals surface area contributed by atoms with E-state index in [9.17, 15) is 20.1 Å².